The van der Waals surface area contributed by atoms with Gasteiger partial charge in [0.1, 0.15) is 5.82 Å². The van der Waals surface area contributed by atoms with E-state index in [9.17, 15) is 18.0 Å². The molecule has 0 radical (unpaired) electrons. The Bertz CT molecular complexity index is 988. The molecule has 9 heteroatoms. The molecule has 1 unspecified atom stereocenters. The first-order valence-electron chi connectivity index (χ1n) is 8.31. The molecular weight excluding hydrogens is 386 g/mol. The fourth-order valence-corrected chi connectivity index (χ4v) is 4.67. The number of thioether (sulfide) groups is 1. The van der Waals surface area contributed by atoms with Crippen LogP contribution in [0.1, 0.15) is 18.9 Å². The van der Waals surface area contributed by atoms with Crippen LogP contribution in [0.2, 0.25) is 0 Å². The van der Waals surface area contributed by atoms with Crippen molar-refractivity contribution in [3.8, 4) is 0 Å². The summed E-state index contributed by atoms with van der Waals surface area (Å²) in [7, 11) is -3.66. The van der Waals surface area contributed by atoms with Gasteiger partial charge >= 0.3 is 0 Å². The van der Waals surface area contributed by atoms with Crippen molar-refractivity contribution in [2.75, 3.05) is 16.4 Å². The summed E-state index contributed by atoms with van der Waals surface area (Å²) >= 11 is 1.38. The third-order valence-corrected chi connectivity index (χ3v) is 6.91. The van der Waals surface area contributed by atoms with Crippen LogP contribution >= 0.6 is 11.8 Å². The second-order valence-electron chi connectivity index (χ2n) is 6.25. The Balaban J connectivity index is 1.66. The molecule has 1 aromatic heterocycles. The van der Waals surface area contributed by atoms with Gasteiger partial charge in [-0.1, -0.05) is 6.07 Å². The third kappa shape index (κ3) is 4.67. The maximum Gasteiger partial charge on any atom is 0.237 e. The van der Waals surface area contributed by atoms with Gasteiger partial charge in [-0.25, -0.2) is 13.4 Å². The van der Waals surface area contributed by atoms with Gasteiger partial charge in [0, 0.05) is 17.5 Å². The molecule has 1 aliphatic rings. The minimum absolute atomic E-state index is 0.0814. The number of anilines is 2. The van der Waals surface area contributed by atoms with E-state index in [1.165, 1.54) is 23.9 Å². The van der Waals surface area contributed by atoms with Crippen LogP contribution in [0.25, 0.3) is 0 Å². The largest absolute Gasteiger partial charge is 0.324 e. The average molecular weight is 406 g/mol. The zero-order chi connectivity index (χ0) is 19.6. The van der Waals surface area contributed by atoms with Crippen molar-refractivity contribution in [1.82, 2.24) is 4.98 Å². The lowest BCUT2D eigenvalue weighted by molar-refractivity contribution is -0.116. The zero-order valence-electron chi connectivity index (χ0n) is 14.9. The molecular formula is C18H19N3O4S2. The number of benzene rings is 1. The normalized spacial score (nSPS) is 16.4. The van der Waals surface area contributed by atoms with Crippen LogP contribution in [0.4, 0.5) is 11.5 Å². The van der Waals surface area contributed by atoms with E-state index in [2.05, 4.69) is 15.6 Å². The maximum absolute atomic E-state index is 12.6. The maximum atomic E-state index is 12.6. The van der Waals surface area contributed by atoms with E-state index in [0.29, 0.717) is 11.5 Å². The lowest BCUT2D eigenvalue weighted by atomic mass is 10.3. The number of carbonyl (C=O) groups excluding carboxylic acids is 2. The SMILES string of the molecule is Cc1ccc(NC(=O)CCS(=O)(=O)c2ccc3c(c2)NC(=O)C(C)S3)nc1. The molecule has 0 saturated heterocycles. The summed E-state index contributed by atoms with van der Waals surface area (Å²) in [4.78, 5) is 28.8. The van der Waals surface area contributed by atoms with E-state index >= 15 is 0 Å². The van der Waals surface area contributed by atoms with Crippen molar-refractivity contribution < 1.29 is 18.0 Å². The van der Waals surface area contributed by atoms with Crippen molar-refractivity contribution in [1.29, 1.82) is 0 Å². The van der Waals surface area contributed by atoms with Crippen LogP contribution in [0, 0.1) is 6.92 Å². The molecule has 2 heterocycles. The summed E-state index contributed by atoms with van der Waals surface area (Å²) in [6.45, 7) is 3.67. The van der Waals surface area contributed by atoms with Gasteiger partial charge in [-0.15, -0.1) is 11.8 Å². The number of aryl methyl sites for hydroxylation is 1. The topological polar surface area (TPSA) is 105 Å². The highest BCUT2D eigenvalue weighted by atomic mass is 32.2. The molecule has 27 heavy (non-hydrogen) atoms. The van der Waals surface area contributed by atoms with Crippen molar-refractivity contribution in [2.24, 2.45) is 0 Å². The lowest BCUT2D eigenvalue weighted by Gasteiger charge is -2.21. The second kappa shape index (κ2) is 7.69. The van der Waals surface area contributed by atoms with E-state index in [1.807, 2.05) is 6.92 Å². The average Bonchev–Trinajstić information content (AvgIpc) is 2.62. The summed E-state index contributed by atoms with van der Waals surface area (Å²) in [5, 5.41) is 5.07. The second-order valence-corrected chi connectivity index (χ2v) is 9.74. The Labute approximate surface area is 161 Å². The van der Waals surface area contributed by atoms with Crippen molar-refractivity contribution in [3.05, 3.63) is 42.1 Å². The van der Waals surface area contributed by atoms with E-state index in [-0.39, 0.29) is 28.2 Å². The van der Waals surface area contributed by atoms with Gasteiger partial charge < -0.3 is 10.6 Å². The molecule has 1 aliphatic heterocycles. The smallest absolute Gasteiger partial charge is 0.237 e. The standard InChI is InChI=1S/C18H19N3O4S2/c1-11-3-6-16(19-10-11)21-17(22)7-8-27(24,25)13-4-5-15-14(9-13)20-18(23)12(2)26-15/h3-6,9-10,12H,7-8H2,1-2H3,(H,20,23)(H,19,21,22). The summed E-state index contributed by atoms with van der Waals surface area (Å²) in [5.41, 5.74) is 1.44. The Hall–Kier alpha value is -2.39. The van der Waals surface area contributed by atoms with Gasteiger partial charge in [0.25, 0.3) is 0 Å². The molecule has 0 saturated carbocycles. The molecule has 0 fully saturated rings. The number of hydrogen-bond donors (Lipinski definition) is 2. The molecule has 3 rings (SSSR count). The van der Waals surface area contributed by atoms with Crippen molar-refractivity contribution in [2.45, 2.75) is 35.3 Å². The van der Waals surface area contributed by atoms with Gasteiger partial charge in [-0.05, 0) is 43.7 Å². The summed E-state index contributed by atoms with van der Waals surface area (Å²) < 4.78 is 25.1. The fraction of sp³-hybridized carbons (Fsp3) is 0.278. The van der Waals surface area contributed by atoms with Gasteiger partial charge in [0.05, 0.1) is 21.6 Å². The number of fused-ring (bicyclic) bond motifs is 1. The summed E-state index contributed by atoms with van der Waals surface area (Å²) in [6.07, 6.45) is 1.43. The number of carbonyl (C=O) groups is 2. The van der Waals surface area contributed by atoms with Crippen LogP contribution in [-0.4, -0.2) is 36.2 Å². The third-order valence-electron chi connectivity index (χ3n) is 4.02. The Kier molecular flexibility index (Phi) is 5.52. The first-order valence-corrected chi connectivity index (χ1v) is 10.8. The Morgan fingerprint density at radius 1 is 1.30 bits per heavy atom. The van der Waals surface area contributed by atoms with Crippen LogP contribution < -0.4 is 10.6 Å². The number of nitrogens with zero attached hydrogens (tertiary/aromatic N) is 1. The molecule has 1 atom stereocenters. The van der Waals surface area contributed by atoms with Crippen molar-refractivity contribution in [3.63, 3.8) is 0 Å². The molecule has 1 aromatic carbocycles. The molecule has 2 N–H and O–H groups in total. The van der Waals surface area contributed by atoms with Gasteiger partial charge in [0.15, 0.2) is 9.84 Å². The van der Waals surface area contributed by atoms with Crippen LogP contribution in [0.3, 0.4) is 0 Å². The number of hydrogen-bond acceptors (Lipinski definition) is 6. The van der Waals surface area contributed by atoms with Gasteiger partial charge in [-0.2, -0.15) is 0 Å². The lowest BCUT2D eigenvalue weighted by Crippen LogP contribution is -2.26. The van der Waals surface area contributed by atoms with Crippen LogP contribution in [0.5, 0.6) is 0 Å². The molecule has 2 aromatic rings. The minimum Gasteiger partial charge on any atom is -0.324 e. The van der Waals surface area contributed by atoms with E-state index in [1.54, 1.807) is 31.3 Å². The molecule has 0 bridgehead atoms. The quantitative estimate of drug-likeness (QED) is 0.792. The Morgan fingerprint density at radius 2 is 2.07 bits per heavy atom. The van der Waals surface area contributed by atoms with E-state index in [0.717, 1.165) is 10.5 Å². The highest BCUT2D eigenvalue weighted by Crippen LogP contribution is 2.36. The molecule has 2 amide bonds. The predicted octanol–water partition coefficient (Wildman–Crippen LogP) is 2.63. The van der Waals surface area contributed by atoms with Gasteiger partial charge in [-0.3, -0.25) is 9.59 Å². The molecule has 0 spiro atoms. The van der Waals surface area contributed by atoms with Crippen LogP contribution in [-0.2, 0) is 19.4 Å². The number of nitrogens with one attached hydrogen (secondary N) is 2. The zero-order valence-corrected chi connectivity index (χ0v) is 16.5. The first-order chi connectivity index (χ1) is 12.7. The van der Waals surface area contributed by atoms with Crippen molar-refractivity contribution >= 4 is 44.9 Å². The summed E-state index contributed by atoms with van der Waals surface area (Å²) in [6, 6.07) is 8.09. The summed E-state index contributed by atoms with van der Waals surface area (Å²) in [5.74, 6) is -0.538. The number of amides is 2. The van der Waals surface area contributed by atoms with Crippen LogP contribution in [0.15, 0.2) is 46.3 Å². The monoisotopic (exact) mass is 405 g/mol. The predicted molar refractivity (Wildman–Crippen MR) is 105 cm³/mol. The van der Waals surface area contributed by atoms with E-state index < -0.39 is 15.7 Å². The molecule has 7 nitrogen and oxygen atoms in total. The number of rotatable bonds is 5. The van der Waals surface area contributed by atoms with Gasteiger partial charge in [0.2, 0.25) is 11.8 Å². The number of aromatic nitrogens is 1. The molecule has 142 valence electrons. The Morgan fingerprint density at radius 3 is 2.78 bits per heavy atom. The first kappa shape index (κ1) is 19.4. The highest BCUT2D eigenvalue weighted by Gasteiger charge is 2.25. The number of pyridine rings is 1. The highest BCUT2D eigenvalue weighted by molar-refractivity contribution is 8.01. The fourth-order valence-electron chi connectivity index (χ4n) is 2.47. The van der Waals surface area contributed by atoms with E-state index in [4.69, 9.17) is 0 Å². The molecule has 0 aliphatic carbocycles. The minimum atomic E-state index is -3.66. The number of sulfone groups is 1.